The van der Waals surface area contributed by atoms with Crippen LogP contribution in [0, 0.1) is 0 Å². The maximum atomic E-state index is 6.66. The van der Waals surface area contributed by atoms with E-state index in [-0.39, 0.29) is 0 Å². The Morgan fingerprint density at radius 1 is 0.500 bits per heavy atom. The molecular weight excluding hydrogens is 633 g/mol. The molecule has 3 nitrogen and oxygen atoms in total. The number of rotatable bonds is 5. The van der Waals surface area contributed by atoms with Gasteiger partial charge in [-0.25, -0.2) is 4.98 Å². The highest BCUT2D eigenvalue weighted by atomic mass is 16.3. The molecule has 11 rings (SSSR count). The molecule has 1 aliphatic carbocycles. The van der Waals surface area contributed by atoms with Gasteiger partial charge in [-0.3, -0.25) is 4.57 Å². The van der Waals surface area contributed by atoms with Crippen LogP contribution in [0.15, 0.2) is 168 Å². The molecule has 0 aliphatic heterocycles. The summed E-state index contributed by atoms with van der Waals surface area (Å²) >= 11 is 0. The molecule has 0 unspecified atom stereocenters. The Labute approximate surface area is 301 Å². The number of imidazole rings is 1. The van der Waals surface area contributed by atoms with E-state index in [1.54, 1.807) is 0 Å². The van der Waals surface area contributed by atoms with Gasteiger partial charge in [0, 0.05) is 22.9 Å². The molecule has 1 aliphatic rings. The van der Waals surface area contributed by atoms with E-state index in [4.69, 9.17) is 9.40 Å². The fourth-order valence-electron chi connectivity index (χ4n) is 8.64. The van der Waals surface area contributed by atoms with Gasteiger partial charge in [0.25, 0.3) is 0 Å². The number of para-hydroxylation sites is 2. The van der Waals surface area contributed by atoms with Gasteiger partial charge in [0.15, 0.2) is 0 Å². The Hall–Kier alpha value is -6.71. The molecule has 2 aromatic heterocycles. The second-order valence-corrected chi connectivity index (χ2v) is 13.7. The van der Waals surface area contributed by atoms with Crippen LogP contribution < -0.4 is 0 Å². The molecule has 0 radical (unpaired) electrons. The van der Waals surface area contributed by atoms with Crippen molar-refractivity contribution in [2.24, 2.45) is 0 Å². The second kappa shape index (κ2) is 11.1. The summed E-state index contributed by atoms with van der Waals surface area (Å²) in [6, 6.07) is 59.2. The third-order valence-corrected chi connectivity index (χ3v) is 10.9. The molecule has 0 N–H and O–H groups in total. The van der Waals surface area contributed by atoms with Crippen LogP contribution in [0.1, 0.15) is 12.7 Å². The lowest BCUT2D eigenvalue weighted by Crippen LogP contribution is -1.99. The van der Waals surface area contributed by atoms with Gasteiger partial charge in [-0.1, -0.05) is 122 Å². The molecule has 8 aromatic carbocycles. The first-order valence-corrected chi connectivity index (χ1v) is 18.0. The molecule has 0 spiro atoms. The minimum Gasteiger partial charge on any atom is -0.456 e. The van der Waals surface area contributed by atoms with Crippen LogP contribution in [0.5, 0.6) is 0 Å². The van der Waals surface area contributed by atoms with Crippen LogP contribution in [0.4, 0.5) is 0 Å². The second-order valence-electron chi connectivity index (χ2n) is 13.7. The number of benzene rings is 8. The van der Waals surface area contributed by atoms with Crippen LogP contribution in [0.25, 0.3) is 105 Å². The van der Waals surface area contributed by atoms with Crippen molar-refractivity contribution in [1.82, 2.24) is 9.55 Å². The predicted octanol–water partition coefficient (Wildman–Crippen LogP) is 13.3. The van der Waals surface area contributed by atoms with Gasteiger partial charge in [0.05, 0.1) is 11.0 Å². The predicted molar refractivity (Wildman–Crippen MR) is 216 cm³/mol. The maximum absolute atomic E-state index is 6.66. The minimum absolute atomic E-state index is 0.845. The Balaban J connectivity index is 1.17. The number of hydrogen-bond acceptors (Lipinski definition) is 2. The molecule has 10 aromatic rings. The van der Waals surface area contributed by atoms with Crippen LogP contribution in [0.2, 0.25) is 0 Å². The molecule has 0 atom stereocenters. The number of fused-ring (bicyclic) bond motifs is 7. The summed E-state index contributed by atoms with van der Waals surface area (Å²) in [7, 11) is 0. The third-order valence-electron chi connectivity index (χ3n) is 10.9. The van der Waals surface area contributed by atoms with E-state index in [9.17, 15) is 0 Å². The summed E-state index contributed by atoms with van der Waals surface area (Å²) in [5, 5.41) is 4.80. The molecule has 0 amide bonds. The van der Waals surface area contributed by atoms with Crippen LogP contribution in [-0.4, -0.2) is 9.55 Å². The molecule has 52 heavy (non-hydrogen) atoms. The Bertz CT molecular complexity index is 3030. The van der Waals surface area contributed by atoms with Crippen molar-refractivity contribution >= 4 is 43.7 Å². The van der Waals surface area contributed by atoms with Crippen molar-refractivity contribution in [3.8, 4) is 61.3 Å². The van der Waals surface area contributed by atoms with Crippen LogP contribution in [0.3, 0.4) is 0 Å². The molecule has 2 heterocycles. The fraction of sp³-hybridized carbons (Fsp3) is 0.0408. The van der Waals surface area contributed by atoms with E-state index < -0.39 is 0 Å². The smallest absolute Gasteiger partial charge is 0.136 e. The lowest BCUT2D eigenvalue weighted by atomic mass is 9.82. The molecule has 0 bridgehead atoms. The molecule has 0 fully saturated rings. The Morgan fingerprint density at radius 3 is 2.00 bits per heavy atom. The lowest BCUT2D eigenvalue weighted by Gasteiger charge is -2.21. The van der Waals surface area contributed by atoms with Crippen molar-refractivity contribution in [3.63, 3.8) is 0 Å². The molecule has 0 saturated carbocycles. The van der Waals surface area contributed by atoms with Crippen LogP contribution in [-0.2, 0) is 6.42 Å². The maximum Gasteiger partial charge on any atom is 0.136 e. The van der Waals surface area contributed by atoms with E-state index in [2.05, 4.69) is 175 Å². The molecule has 244 valence electrons. The standard InChI is InChI=1S/C49H32N2O/c1-2-45-50-41-21-9-10-22-42(41)51(45)34-24-26-43-40(28-34)35-25-23-33(27-44(35)52-43)39-29-38(30-13-5-3-6-14-30)48-36-19-11-17-31-18-12-20-37(46(31)36)49(48)47(39)32-15-7-4-8-16-32/h3-29H,2H2,1H3. The Kier molecular flexibility index (Phi) is 6.23. The van der Waals surface area contributed by atoms with Gasteiger partial charge in [-0.15, -0.1) is 0 Å². The van der Waals surface area contributed by atoms with Gasteiger partial charge in [-0.2, -0.15) is 0 Å². The summed E-state index contributed by atoms with van der Waals surface area (Å²) in [5.41, 5.74) is 17.4. The molecular formula is C49H32N2O. The number of hydrogen-bond donors (Lipinski definition) is 0. The van der Waals surface area contributed by atoms with Crippen molar-refractivity contribution in [1.29, 1.82) is 0 Å². The van der Waals surface area contributed by atoms with Gasteiger partial charge in [0.2, 0.25) is 0 Å². The normalized spacial score (nSPS) is 12.0. The zero-order valence-corrected chi connectivity index (χ0v) is 28.6. The van der Waals surface area contributed by atoms with Crippen molar-refractivity contribution < 1.29 is 4.42 Å². The first-order valence-electron chi connectivity index (χ1n) is 18.0. The Morgan fingerprint density at radius 2 is 1.21 bits per heavy atom. The van der Waals surface area contributed by atoms with E-state index in [0.29, 0.717) is 0 Å². The summed E-state index contributed by atoms with van der Waals surface area (Å²) in [5.74, 6) is 1.05. The zero-order valence-electron chi connectivity index (χ0n) is 28.6. The van der Waals surface area contributed by atoms with Crippen molar-refractivity contribution in [2.75, 3.05) is 0 Å². The average molecular weight is 665 g/mol. The first kappa shape index (κ1) is 29.1. The van der Waals surface area contributed by atoms with E-state index in [1.165, 1.54) is 60.8 Å². The van der Waals surface area contributed by atoms with E-state index >= 15 is 0 Å². The van der Waals surface area contributed by atoms with Crippen molar-refractivity contribution in [3.05, 3.63) is 170 Å². The summed E-state index contributed by atoms with van der Waals surface area (Å²) < 4.78 is 8.94. The fourth-order valence-corrected chi connectivity index (χ4v) is 8.64. The highest BCUT2D eigenvalue weighted by Crippen LogP contribution is 2.57. The first-order chi connectivity index (χ1) is 25.7. The number of furan rings is 1. The third kappa shape index (κ3) is 4.17. The monoisotopic (exact) mass is 664 g/mol. The number of nitrogens with zero attached hydrogens (tertiary/aromatic N) is 2. The van der Waals surface area contributed by atoms with Gasteiger partial charge >= 0.3 is 0 Å². The van der Waals surface area contributed by atoms with Gasteiger partial charge in [0.1, 0.15) is 17.0 Å². The van der Waals surface area contributed by atoms with Crippen molar-refractivity contribution in [2.45, 2.75) is 13.3 Å². The highest BCUT2D eigenvalue weighted by Gasteiger charge is 2.30. The summed E-state index contributed by atoms with van der Waals surface area (Å²) in [4.78, 5) is 4.93. The quantitative estimate of drug-likeness (QED) is 0.183. The minimum atomic E-state index is 0.845. The van der Waals surface area contributed by atoms with E-state index in [1.807, 2.05) is 0 Å². The zero-order chi connectivity index (χ0) is 34.3. The average Bonchev–Trinajstić information content (AvgIpc) is 3.88. The van der Waals surface area contributed by atoms with Gasteiger partial charge in [-0.05, 0) is 115 Å². The van der Waals surface area contributed by atoms with Crippen LogP contribution >= 0.6 is 0 Å². The molecule has 3 heteroatoms. The van der Waals surface area contributed by atoms with E-state index in [0.717, 1.165) is 56.5 Å². The largest absolute Gasteiger partial charge is 0.456 e. The number of aryl methyl sites for hydroxylation is 1. The highest BCUT2D eigenvalue weighted by molar-refractivity contribution is 6.23. The SMILES string of the molecule is CCc1nc2ccccc2n1-c1ccc2oc3cc(-c4cc(-c5ccccc5)c5c(c4-c4ccccc4)-c4cccc6cccc-5c46)ccc3c2c1. The number of aromatic nitrogens is 2. The van der Waals surface area contributed by atoms with Gasteiger partial charge < -0.3 is 4.42 Å². The summed E-state index contributed by atoms with van der Waals surface area (Å²) in [6.45, 7) is 2.16. The lowest BCUT2D eigenvalue weighted by molar-refractivity contribution is 0.669. The molecule has 0 saturated heterocycles. The summed E-state index contributed by atoms with van der Waals surface area (Å²) in [6.07, 6.45) is 0.845. The topological polar surface area (TPSA) is 31.0 Å².